The van der Waals surface area contributed by atoms with E-state index in [1.165, 1.54) is 42.5 Å². The molecule has 158 valence electrons. The van der Waals surface area contributed by atoms with Crippen molar-refractivity contribution in [2.75, 3.05) is 0 Å². The molecule has 1 heterocycles. The van der Waals surface area contributed by atoms with Crippen LogP contribution >= 0.6 is 0 Å². The van der Waals surface area contributed by atoms with Crippen molar-refractivity contribution >= 4 is 11.9 Å². The number of hydrogen-bond acceptors (Lipinski definition) is 4. The Kier molecular flexibility index (Phi) is 5.00. The summed E-state index contributed by atoms with van der Waals surface area (Å²) in [5.41, 5.74) is 5.34. The van der Waals surface area contributed by atoms with Crippen LogP contribution in [0.2, 0.25) is 0 Å². The zero-order valence-corrected chi connectivity index (χ0v) is 18.1. The van der Waals surface area contributed by atoms with E-state index in [1.54, 1.807) is 0 Å². The molecule has 1 aromatic carbocycles. The normalized spacial score (nSPS) is 31.7. The van der Waals surface area contributed by atoms with Crippen molar-refractivity contribution in [3.63, 3.8) is 0 Å². The summed E-state index contributed by atoms with van der Waals surface area (Å²) >= 11 is 0. The van der Waals surface area contributed by atoms with Gasteiger partial charge in [0.05, 0.1) is 11.9 Å². The van der Waals surface area contributed by atoms with Gasteiger partial charge in [0.2, 0.25) is 0 Å². The molecule has 5 nitrogen and oxygen atoms in total. The van der Waals surface area contributed by atoms with Crippen LogP contribution in [0.15, 0.2) is 40.7 Å². The van der Waals surface area contributed by atoms with Gasteiger partial charge in [-0.05, 0) is 92.0 Å². The maximum Gasteiger partial charge on any atom is 0.115 e. The van der Waals surface area contributed by atoms with Gasteiger partial charge in [-0.2, -0.15) is 15.3 Å². The number of nitrogens with zero attached hydrogens (tertiary/aromatic N) is 4. The highest BCUT2D eigenvalue weighted by Gasteiger charge is 2.53. The van der Waals surface area contributed by atoms with E-state index >= 15 is 0 Å². The lowest BCUT2D eigenvalue weighted by molar-refractivity contribution is 0.0955. The van der Waals surface area contributed by atoms with Gasteiger partial charge in [-0.1, -0.05) is 19.9 Å². The number of phenolic OH excluding ortho intramolecular Hbond substituents is 1. The van der Waals surface area contributed by atoms with Crippen LogP contribution in [0.4, 0.5) is 0 Å². The minimum Gasteiger partial charge on any atom is -0.508 e. The summed E-state index contributed by atoms with van der Waals surface area (Å²) in [4.78, 5) is 0. The molecule has 2 fully saturated rings. The maximum absolute atomic E-state index is 9.87. The number of phenols is 1. The number of fused-ring (bicyclic) bond motifs is 5. The van der Waals surface area contributed by atoms with E-state index < -0.39 is 0 Å². The third-order valence-corrected chi connectivity index (χ3v) is 8.00. The van der Waals surface area contributed by atoms with Gasteiger partial charge in [-0.15, -0.1) is 0 Å². The van der Waals surface area contributed by atoms with Crippen LogP contribution in [0.3, 0.4) is 0 Å². The number of hydrogen-bond donors (Lipinski definition) is 1. The Morgan fingerprint density at radius 1 is 1.23 bits per heavy atom. The topological polar surface area (TPSA) is 62.8 Å². The van der Waals surface area contributed by atoms with Gasteiger partial charge >= 0.3 is 0 Å². The Labute approximate surface area is 178 Å². The van der Waals surface area contributed by atoms with Crippen molar-refractivity contribution in [3.05, 3.63) is 47.3 Å². The molecule has 3 aliphatic carbocycles. The molecule has 2 saturated carbocycles. The summed E-state index contributed by atoms with van der Waals surface area (Å²) in [5, 5.41) is 23.5. The summed E-state index contributed by atoms with van der Waals surface area (Å²) in [6, 6.07) is 8.03. The van der Waals surface area contributed by atoms with E-state index in [1.807, 2.05) is 35.3 Å². The van der Waals surface area contributed by atoms with Gasteiger partial charge in [0.1, 0.15) is 5.75 Å². The van der Waals surface area contributed by atoms with Crippen molar-refractivity contribution in [1.82, 2.24) is 9.78 Å². The average Bonchev–Trinajstić information content (AvgIpc) is 3.32. The Balaban J connectivity index is 1.36. The number of aromatic nitrogens is 2. The molecule has 30 heavy (non-hydrogen) atoms. The smallest absolute Gasteiger partial charge is 0.115 e. The quantitative estimate of drug-likeness (QED) is 0.553. The van der Waals surface area contributed by atoms with Gasteiger partial charge in [-0.25, -0.2) is 0 Å². The van der Waals surface area contributed by atoms with Crippen molar-refractivity contribution in [2.45, 2.75) is 71.3 Å². The van der Waals surface area contributed by atoms with E-state index in [0.717, 1.165) is 37.4 Å². The number of rotatable bonds is 4. The standard InChI is InChI=1S/C25H32N4O/c1-3-14-29-18(11-13-27-29)16-26-28-24-9-8-23-22-6-4-17-15-19(30)5-7-20(17)21(22)10-12-25(23,24)2/h5,7,11,13,15-16,21-23,30H,3-4,6,8-10,12,14H2,1-2H3/b26-16-,28-24-/t21-,22-,23+,25-/m0/s1. The Hall–Kier alpha value is -2.43. The molecule has 1 aromatic heterocycles. The van der Waals surface area contributed by atoms with Gasteiger partial charge in [0, 0.05) is 23.9 Å². The SMILES string of the molecule is CCCn1nccc1/C=N\N=C1\CC[C@@H]2[C@H]3CCc4cc(O)ccc4[C@@H]3CC[C@]12C. The lowest BCUT2D eigenvalue weighted by atomic mass is 9.55. The summed E-state index contributed by atoms with van der Waals surface area (Å²) in [6.45, 7) is 5.50. The third-order valence-electron chi connectivity index (χ3n) is 8.00. The number of aryl methyl sites for hydroxylation is 2. The molecule has 1 N–H and O–H groups in total. The van der Waals surface area contributed by atoms with Crippen molar-refractivity contribution in [2.24, 2.45) is 27.5 Å². The van der Waals surface area contributed by atoms with Crippen LogP contribution in [0.5, 0.6) is 5.75 Å². The summed E-state index contributed by atoms with van der Waals surface area (Å²) in [7, 11) is 0. The molecule has 0 unspecified atom stereocenters. The molecule has 0 amide bonds. The zero-order valence-electron chi connectivity index (χ0n) is 18.1. The molecule has 5 heteroatoms. The molecule has 2 aromatic rings. The highest BCUT2D eigenvalue weighted by atomic mass is 16.3. The first kappa shape index (κ1) is 19.5. The van der Waals surface area contributed by atoms with Crippen LogP contribution in [0.1, 0.15) is 75.1 Å². The molecular formula is C25H32N4O. The molecule has 4 atom stereocenters. The van der Waals surface area contributed by atoms with E-state index in [0.29, 0.717) is 17.6 Å². The third kappa shape index (κ3) is 3.19. The van der Waals surface area contributed by atoms with Gasteiger partial charge in [0.15, 0.2) is 0 Å². The molecule has 3 aliphatic rings. The average molecular weight is 405 g/mol. The Morgan fingerprint density at radius 3 is 3.00 bits per heavy atom. The minimum absolute atomic E-state index is 0.177. The Morgan fingerprint density at radius 2 is 2.13 bits per heavy atom. The molecule has 0 bridgehead atoms. The van der Waals surface area contributed by atoms with Crippen molar-refractivity contribution in [1.29, 1.82) is 0 Å². The summed E-state index contributed by atoms with van der Waals surface area (Å²) in [5.74, 6) is 2.46. The molecule has 0 saturated heterocycles. The highest BCUT2D eigenvalue weighted by molar-refractivity contribution is 5.93. The fraction of sp³-hybridized carbons (Fsp3) is 0.560. The van der Waals surface area contributed by atoms with E-state index in [9.17, 15) is 5.11 Å². The molecule has 0 radical (unpaired) electrons. The summed E-state index contributed by atoms with van der Waals surface area (Å²) < 4.78 is 1.99. The van der Waals surface area contributed by atoms with Crippen molar-refractivity contribution < 1.29 is 5.11 Å². The lowest BCUT2D eigenvalue weighted by Crippen LogP contribution is -2.42. The van der Waals surface area contributed by atoms with Crippen LogP contribution in [0.25, 0.3) is 0 Å². The van der Waals surface area contributed by atoms with Crippen LogP contribution in [0, 0.1) is 17.3 Å². The predicted octanol–water partition coefficient (Wildman–Crippen LogP) is 5.33. The van der Waals surface area contributed by atoms with Gasteiger partial charge in [0.25, 0.3) is 0 Å². The largest absolute Gasteiger partial charge is 0.508 e. The van der Waals surface area contributed by atoms with Crippen LogP contribution < -0.4 is 0 Å². The van der Waals surface area contributed by atoms with Crippen molar-refractivity contribution in [3.8, 4) is 5.75 Å². The second-order valence-corrected chi connectivity index (χ2v) is 9.56. The van der Waals surface area contributed by atoms with Gasteiger partial charge in [-0.3, -0.25) is 4.68 Å². The second-order valence-electron chi connectivity index (χ2n) is 9.56. The molecule has 0 aliphatic heterocycles. The van der Waals surface area contributed by atoms with E-state index in [2.05, 4.69) is 30.1 Å². The highest BCUT2D eigenvalue weighted by Crippen LogP contribution is 2.60. The maximum atomic E-state index is 9.87. The van der Waals surface area contributed by atoms with E-state index in [-0.39, 0.29) is 5.41 Å². The Bertz CT molecular complexity index is 991. The predicted molar refractivity (Wildman–Crippen MR) is 120 cm³/mol. The molecule has 5 rings (SSSR count). The van der Waals surface area contributed by atoms with Gasteiger partial charge < -0.3 is 5.11 Å². The first-order valence-electron chi connectivity index (χ1n) is 11.5. The van der Waals surface area contributed by atoms with Crippen LogP contribution in [-0.2, 0) is 13.0 Å². The first-order chi connectivity index (χ1) is 14.6. The first-order valence-corrected chi connectivity index (χ1v) is 11.5. The lowest BCUT2D eigenvalue weighted by Gasteiger charge is -2.49. The fourth-order valence-corrected chi connectivity index (χ4v) is 6.53. The number of aromatic hydroxyl groups is 1. The van der Waals surface area contributed by atoms with E-state index in [4.69, 9.17) is 5.10 Å². The molecular weight excluding hydrogens is 372 g/mol. The molecule has 0 spiro atoms. The zero-order chi connectivity index (χ0) is 20.7. The summed E-state index contributed by atoms with van der Waals surface area (Å²) in [6.07, 6.45) is 11.8. The number of benzene rings is 1. The van der Waals surface area contributed by atoms with Crippen LogP contribution in [-0.4, -0.2) is 26.8 Å². The minimum atomic E-state index is 0.177. The second kappa shape index (κ2) is 7.68. The monoisotopic (exact) mass is 404 g/mol. The fourth-order valence-electron chi connectivity index (χ4n) is 6.53.